The Morgan fingerprint density at radius 2 is 1.71 bits per heavy atom. The molecule has 6 heteroatoms. The first-order valence-corrected chi connectivity index (χ1v) is 10.9. The zero-order valence-electron chi connectivity index (χ0n) is 17.2. The molecule has 4 nitrogen and oxygen atoms in total. The van der Waals surface area contributed by atoms with Gasteiger partial charge >= 0.3 is 0 Å². The van der Waals surface area contributed by atoms with Crippen LogP contribution in [-0.2, 0) is 6.42 Å². The van der Waals surface area contributed by atoms with Gasteiger partial charge < -0.3 is 0 Å². The number of fused-ring (bicyclic) bond motifs is 1. The molecule has 0 fully saturated rings. The Morgan fingerprint density at radius 1 is 1.03 bits per heavy atom. The van der Waals surface area contributed by atoms with Crippen LogP contribution in [0, 0.1) is 5.82 Å². The van der Waals surface area contributed by atoms with E-state index in [1.165, 1.54) is 16.7 Å². The third-order valence-corrected chi connectivity index (χ3v) is 6.19. The highest BCUT2D eigenvalue weighted by molar-refractivity contribution is 8.00. The van der Waals surface area contributed by atoms with E-state index in [1.807, 2.05) is 24.3 Å². The highest BCUT2D eigenvalue weighted by Gasteiger charge is 2.22. The fourth-order valence-electron chi connectivity index (χ4n) is 3.39. The first-order valence-electron chi connectivity index (χ1n) is 10.1. The lowest BCUT2D eigenvalue weighted by Gasteiger charge is -2.16. The normalized spacial score (nSPS) is 12.1. The molecule has 0 amide bonds. The van der Waals surface area contributed by atoms with Crippen molar-refractivity contribution in [1.29, 1.82) is 0 Å². The van der Waals surface area contributed by atoms with Crippen LogP contribution in [0.5, 0.6) is 0 Å². The number of nitrogens with zero attached hydrogens (tertiary/aromatic N) is 2. The molecule has 0 aliphatic heterocycles. The van der Waals surface area contributed by atoms with Crippen molar-refractivity contribution in [2.24, 2.45) is 0 Å². The SMILES string of the molecule is CCc1ccc(C(=O)C(C)Sc2nc3ccccc3c(=O)n2-c2ccccc2F)cc1. The summed E-state index contributed by atoms with van der Waals surface area (Å²) < 4.78 is 15.9. The maximum absolute atomic E-state index is 14.6. The Bertz CT molecular complexity index is 1320. The van der Waals surface area contributed by atoms with Crippen LogP contribution in [0.1, 0.15) is 29.8 Å². The van der Waals surface area contributed by atoms with Crippen LogP contribution in [0.3, 0.4) is 0 Å². The van der Waals surface area contributed by atoms with Crippen LogP contribution in [-0.4, -0.2) is 20.6 Å². The Hall–Kier alpha value is -3.25. The number of Topliss-reactive ketones (excluding diaryl/α,β-unsaturated/α-hetero) is 1. The first kappa shape index (κ1) is 21.0. The molecule has 1 aromatic heterocycles. The second kappa shape index (κ2) is 8.86. The van der Waals surface area contributed by atoms with Crippen molar-refractivity contribution >= 4 is 28.4 Å². The average molecular weight is 433 g/mol. The first-order chi connectivity index (χ1) is 15.0. The van der Waals surface area contributed by atoms with Crippen LogP contribution >= 0.6 is 11.8 Å². The Labute approximate surface area is 183 Å². The van der Waals surface area contributed by atoms with E-state index >= 15 is 0 Å². The molecule has 0 aliphatic rings. The highest BCUT2D eigenvalue weighted by Crippen LogP contribution is 2.28. The predicted molar refractivity (Wildman–Crippen MR) is 123 cm³/mol. The van der Waals surface area contributed by atoms with E-state index in [9.17, 15) is 14.0 Å². The van der Waals surface area contributed by atoms with Gasteiger partial charge in [0.05, 0.1) is 21.8 Å². The van der Waals surface area contributed by atoms with Crippen molar-refractivity contribution in [3.63, 3.8) is 0 Å². The number of para-hydroxylation sites is 2. The van der Waals surface area contributed by atoms with Gasteiger partial charge in [-0.25, -0.2) is 9.37 Å². The summed E-state index contributed by atoms with van der Waals surface area (Å²) in [5, 5.41) is 0.155. The minimum Gasteiger partial charge on any atom is -0.293 e. The molecule has 3 aromatic carbocycles. The van der Waals surface area contributed by atoms with Gasteiger partial charge in [0.15, 0.2) is 10.9 Å². The fourth-order valence-corrected chi connectivity index (χ4v) is 4.39. The molecule has 0 saturated heterocycles. The number of aryl methyl sites for hydroxylation is 1. The maximum atomic E-state index is 14.6. The van der Waals surface area contributed by atoms with Crippen LogP contribution in [0.25, 0.3) is 16.6 Å². The van der Waals surface area contributed by atoms with E-state index in [0.29, 0.717) is 16.5 Å². The summed E-state index contributed by atoms with van der Waals surface area (Å²) in [4.78, 5) is 30.9. The number of halogens is 1. The summed E-state index contributed by atoms with van der Waals surface area (Å²) in [5.74, 6) is -0.604. The summed E-state index contributed by atoms with van der Waals surface area (Å²) in [7, 11) is 0. The van der Waals surface area contributed by atoms with Crippen molar-refractivity contribution in [2.75, 3.05) is 0 Å². The molecular weight excluding hydrogens is 411 g/mol. The minimum atomic E-state index is -0.530. The summed E-state index contributed by atoms with van der Waals surface area (Å²) in [6.07, 6.45) is 0.898. The summed E-state index contributed by atoms with van der Waals surface area (Å²) >= 11 is 1.15. The third-order valence-electron chi connectivity index (χ3n) is 5.14. The molecule has 1 unspecified atom stereocenters. The number of hydrogen-bond acceptors (Lipinski definition) is 4. The second-order valence-electron chi connectivity index (χ2n) is 7.18. The van der Waals surface area contributed by atoms with E-state index < -0.39 is 11.1 Å². The number of benzene rings is 3. The van der Waals surface area contributed by atoms with Gasteiger partial charge in [-0.05, 0) is 43.2 Å². The van der Waals surface area contributed by atoms with Crippen LogP contribution in [0.15, 0.2) is 82.7 Å². The van der Waals surface area contributed by atoms with E-state index in [-0.39, 0.29) is 22.2 Å². The van der Waals surface area contributed by atoms with Crippen LogP contribution in [0.2, 0.25) is 0 Å². The number of ketones is 1. The molecule has 4 aromatic rings. The molecule has 0 bridgehead atoms. The van der Waals surface area contributed by atoms with Gasteiger partial charge in [0.1, 0.15) is 5.82 Å². The zero-order valence-corrected chi connectivity index (χ0v) is 18.0. The quantitative estimate of drug-likeness (QED) is 0.231. The third kappa shape index (κ3) is 4.16. The Kier molecular flexibility index (Phi) is 6.00. The van der Waals surface area contributed by atoms with Crippen molar-refractivity contribution < 1.29 is 9.18 Å². The van der Waals surface area contributed by atoms with Crippen molar-refractivity contribution in [3.05, 3.63) is 100 Å². The second-order valence-corrected chi connectivity index (χ2v) is 8.49. The fraction of sp³-hybridized carbons (Fsp3) is 0.160. The molecule has 4 rings (SSSR count). The maximum Gasteiger partial charge on any atom is 0.266 e. The summed E-state index contributed by atoms with van der Waals surface area (Å²) in [6.45, 7) is 3.83. The van der Waals surface area contributed by atoms with Gasteiger partial charge in [0.2, 0.25) is 0 Å². The molecule has 31 heavy (non-hydrogen) atoms. The van der Waals surface area contributed by atoms with Gasteiger partial charge in [-0.1, -0.05) is 67.2 Å². The van der Waals surface area contributed by atoms with Gasteiger partial charge in [0, 0.05) is 5.56 Å². The van der Waals surface area contributed by atoms with Crippen molar-refractivity contribution in [3.8, 4) is 5.69 Å². The van der Waals surface area contributed by atoms with Gasteiger partial charge in [-0.15, -0.1) is 0 Å². The topological polar surface area (TPSA) is 52.0 Å². The number of rotatable bonds is 6. The minimum absolute atomic E-state index is 0.0739. The van der Waals surface area contributed by atoms with E-state index in [0.717, 1.165) is 23.7 Å². The predicted octanol–water partition coefficient (Wildman–Crippen LogP) is 5.45. The smallest absolute Gasteiger partial charge is 0.266 e. The largest absolute Gasteiger partial charge is 0.293 e. The molecule has 1 heterocycles. The molecule has 0 saturated carbocycles. The lowest BCUT2D eigenvalue weighted by Crippen LogP contribution is -2.24. The molecule has 0 aliphatic carbocycles. The molecule has 0 spiro atoms. The van der Waals surface area contributed by atoms with E-state index in [2.05, 4.69) is 11.9 Å². The number of carbonyl (C=O) groups excluding carboxylic acids is 1. The highest BCUT2D eigenvalue weighted by atomic mass is 32.2. The average Bonchev–Trinajstić information content (AvgIpc) is 2.80. The Balaban J connectivity index is 1.79. The lowest BCUT2D eigenvalue weighted by atomic mass is 10.1. The lowest BCUT2D eigenvalue weighted by molar-refractivity contribution is 0.0994. The summed E-state index contributed by atoms with van der Waals surface area (Å²) in [6, 6.07) is 20.5. The molecular formula is C25H21FN2O2S. The zero-order chi connectivity index (χ0) is 22.0. The summed E-state index contributed by atoms with van der Waals surface area (Å²) in [5.41, 5.74) is 2.00. The van der Waals surface area contributed by atoms with Gasteiger partial charge in [-0.2, -0.15) is 0 Å². The number of carbonyl (C=O) groups is 1. The molecule has 1 atom stereocenters. The number of aromatic nitrogens is 2. The number of hydrogen-bond donors (Lipinski definition) is 0. The van der Waals surface area contributed by atoms with Crippen LogP contribution < -0.4 is 5.56 Å². The molecule has 156 valence electrons. The monoisotopic (exact) mass is 432 g/mol. The van der Waals surface area contributed by atoms with Crippen molar-refractivity contribution in [1.82, 2.24) is 9.55 Å². The number of thioether (sulfide) groups is 1. The molecule has 0 radical (unpaired) electrons. The standard InChI is InChI=1S/C25H21FN2O2S/c1-3-17-12-14-18(15-13-17)23(29)16(2)31-25-27-21-10-6-4-8-19(21)24(30)28(25)22-11-7-5-9-20(22)26/h4-16H,3H2,1-2H3. The van der Waals surface area contributed by atoms with E-state index in [4.69, 9.17) is 0 Å². The van der Waals surface area contributed by atoms with Gasteiger partial charge in [0.25, 0.3) is 5.56 Å². The van der Waals surface area contributed by atoms with Gasteiger partial charge in [-0.3, -0.25) is 14.2 Å². The van der Waals surface area contributed by atoms with E-state index in [1.54, 1.807) is 43.3 Å². The Morgan fingerprint density at radius 3 is 2.42 bits per heavy atom. The molecule has 0 N–H and O–H groups in total. The van der Waals surface area contributed by atoms with Crippen molar-refractivity contribution in [2.45, 2.75) is 30.7 Å². The van der Waals surface area contributed by atoms with Crippen LogP contribution in [0.4, 0.5) is 4.39 Å².